The van der Waals surface area contributed by atoms with Crippen molar-refractivity contribution in [1.82, 2.24) is 20.5 Å². The lowest BCUT2D eigenvalue weighted by molar-refractivity contribution is 0.0942. The summed E-state index contributed by atoms with van der Waals surface area (Å²) in [5.41, 5.74) is 5.34. The van der Waals surface area contributed by atoms with Crippen molar-refractivity contribution in [2.24, 2.45) is 5.92 Å². The highest BCUT2D eigenvalue weighted by Crippen LogP contribution is 2.38. The van der Waals surface area contributed by atoms with Crippen molar-refractivity contribution in [1.29, 1.82) is 0 Å². The molecule has 1 saturated carbocycles. The summed E-state index contributed by atoms with van der Waals surface area (Å²) >= 11 is 0. The van der Waals surface area contributed by atoms with Crippen LogP contribution in [0.3, 0.4) is 0 Å². The van der Waals surface area contributed by atoms with E-state index < -0.39 is 0 Å². The minimum absolute atomic E-state index is 0.00127. The summed E-state index contributed by atoms with van der Waals surface area (Å²) in [4.78, 5) is 16.6. The third kappa shape index (κ3) is 5.39. The average Bonchev–Trinajstić information content (AvgIpc) is 3.32. The monoisotopic (exact) mass is 418 g/mol. The fourth-order valence-electron chi connectivity index (χ4n) is 4.34. The highest BCUT2D eigenvalue weighted by atomic mass is 16.5. The van der Waals surface area contributed by atoms with Gasteiger partial charge in [0.15, 0.2) is 0 Å². The summed E-state index contributed by atoms with van der Waals surface area (Å²) in [6, 6.07) is 11.7. The summed E-state index contributed by atoms with van der Waals surface area (Å²) in [5, 5.41) is 10.6. The lowest BCUT2D eigenvalue weighted by Crippen LogP contribution is -2.31. The number of aromatic nitrogens is 3. The van der Waals surface area contributed by atoms with Crippen LogP contribution in [0.25, 0.3) is 11.1 Å². The van der Waals surface area contributed by atoms with Gasteiger partial charge in [-0.05, 0) is 73.9 Å². The van der Waals surface area contributed by atoms with E-state index >= 15 is 0 Å². The van der Waals surface area contributed by atoms with E-state index in [2.05, 4.69) is 20.5 Å². The molecule has 6 nitrogen and oxygen atoms in total. The lowest BCUT2D eigenvalue weighted by atomic mass is 9.79. The van der Waals surface area contributed by atoms with Gasteiger partial charge in [-0.25, -0.2) is 0 Å². The number of carbonyl (C=O) groups excluding carboxylic acids is 1. The van der Waals surface area contributed by atoms with Gasteiger partial charge in [0, 0.05) is 48.3 Å². The lowest BCUT2D eigenvalue weighted by Gasteiger charge is -2.28. The van der Waals surface area contributed by atoms with E-state index in [1.807, 2.05) is 61.9 Å². The molecule has 1 fully saturated rings. The molecule has 162 valence electrons. The number of ether oxygens (including phenoxy) is 1. The molecule has 0 atom stereocenters. The molecule has 0 aliphatic heterocycles. The molecule has 0 unspecified atom stereocenters. The molecule has 0 saturated heterocycles. The van der Waals surface area contributed by atoms with Gasteiger partial charge in [0.2, 0.25) is 0 Å². The van der Waals surface area contributed by atoms with Crippen LogP contribution in [-0.2, 0) is 11.3 Å². The Bertz CT molecular complexity index is 961. The second-order valence-electron chi connectivity index (χ2n) is 8.19. The number of hydrogen-bond acceptors (Lipinski definition) is 4. The number of amides is 1. The zero-order chi connectivity index (χ0) is 21.5. The number of benzene rings is 1. The SMILES string of the molecule is CCOCc1ccc(C(=O)NCC2CCC(c3[nH]ncc3-c3ccncc3)CC2)cc1. The van der Waals surface area contributed by atoms with Gasteiger partial charge in [-0.3, -0.25) is 14.9 Å². The summed E-state index contributed by atoms with van der Waals surface area (Å²) in [6.45, 7) is 3.98. The maximum Gasteiger partial charge on any atom is 0.251 e. The van der Waals surface area contributed by atoms with Gasteiger partial charge in [-0.2, -0.15) is 5.10 Å². The molecule has 1 aliphatic carbocycles. The molecule has 2 heterocycles. The Kier molecular flexibility index (Phi) is 7.10. The predicted molar refractivity (Wildman–Crippen MR) is 121 cm³/mol. The molecule has 6 heteroatoms. The Hall–Kier alpha value is -2.99. The number of rotatable bonds is 8. The smallest absolute Gasteiger partial charge is 0.251 e. The Balaban J connectivity index is 1.26. The molecule has 4 rings (SSSR count). The Morgan fingerprint density at radius 1 is 1.10 bits per heavy atom. The minimum Gasteiger partial charge on any atom is -0.377 e. The number of nitrogens with one attached hydrogen (secondary N) is 2. The van der Waals surface area contributed by atoms with Crippen molar-refractivity contribution in [2.75, 3.05) is 13.2 Å². The van der Waals surface area contributed by atoms with Crippen molar-refractivity contribution in [3.8, 4) is 11.1 Å². The molecule has 2 aromatic heterocycles. The van der Waals surface area contributed by atoms with Crippen LogP contribution in [0.2, 0.25) is 0 Å². The molecular weight excluding hydrogens is 388 g/mol. The standard InChI is InChI=1S/C25H30N4O2/c1-2-31-17-19-5-9-22(10-6-19)25(30)27-15-18-3-7-21(8-4-18)24-23(16-28-29-24)20-11-13-26-14-12-20/h5-6,9-14,16,18,21H,2-4,7-8,15,17H2,1H3,(H,27,30)(H,28,29). The summed E-state index contributed by atoms with van der Waals surface area (Å²) in [6.07, 6.45) is 9.97. The van der Waals surface area contributed by atoms with Crippen molar-refractivity contribution < 1.29 is 9.53 Å². The van der Waals surface area contributed by atoms with Gasteiger partial charge in [0.1, 0.15) is 0 Å². The zero-order valence-electron chi connectivity index (χ0n) is 18.0. The fraction of sp³-hybridized carbons (Fsp3) is 0.400. The van der Waals surface area contributed by atoms with E-state index in [1.165, 1.54) is 11.3 Å². The number of H-pyrrole nitrogens is 1. The Labute approximate surface area is 183 Å². The maximum atomic E-state index is 12.5. The van der Waals surface area contributed by atoms with Gasteiger partial charge >= 0.3 is 0 Å². The first-order valence-corrected chi connectivity index (χ1v) is 11.1. The summed E-state index contributed by atoms with van der Waals surface area (Å²) in [7, 11) is 0. The third-order valence-corrected chi connectivity index (χ3v) is 6.16. The first-order chi connectivity index (χ1) is 15.2. The maximum absolute atomic E-state index is 12.5. The van der Waals surface area contributed by atoms with Crippen LogP contribution < -0.4 is 5.32 Å². The number of aromatic amines is 1. The quantitative estimate of drug-likeness (QED) is 0.555. The van der Waals surface area contributed by atoms with Crippen LogP contribution in [0.5, 0.6) is 0 Å². The van der Waals surface area contributed by atoms with Crippen LogP contribution in [0, 0.1) is 5.92 Å². The van der Waals surface area contributed by atoms with Gasteiger partial charge in [0.05, 0.1) is 12.8 Å². The molecule has 0 radical (unpaired) electrons. The van der Waals surface area contributed by atoms with Crippen LogP contribution in [0.1, 0.15) is 60.1 Å². The van der Waals surface area contributed by atoms with E-state index in [0.29, 0.717) is 30.6 Å². The molecule has 1 amide bonds. The van der Waals surface area contributed by atoms with Gasteiger partial charge in [-0.1, -0.05) is 12.1 Å². The van der Waals surface area contributed by atoms with Crippen LogP contribution >= 0.6 is 0 Å². The van der Waals surface area contributed by atoms with E-state index in [4.69, 9.17) is 4.74 Å². The highest BCUT2D eigenvalue weighted by molar-refractivity contribution is 5.94. The van der Waals surface area contributed by atoms with Crippen molar-refractivity contribution in [3.63, 3.8) is 0 Å². The number of carbonyl (C=O) groups is 1. The Morgan fingerprint density at radius 2 is 1.84 bits per heavy atom. The van der Waals surface area contributed by atoms with Crippen molar-refractivity contribution in [2.45, 2.75) is 45.1 Å². The summed E-state index contributed by atoms with van der Waals surface area (Å²) in [5.74, 6) is 0.999. The van der Waals surface area contributed by atoms with Crippen LogP contribution in [0.15, 0.2) is 55.0 Å². The van der Waals surface area contributed by atoms with E-state index in [-0.39, 0.29) is 5.91 Å². The molecule has 1 aromatic carbocycles. The molecule has 2 N–H and O–H groups in total. The van der Waals surface area contributed by atoms with Crippen LogP contribution in [-0.4, -0.2) is 34.2 Å². The normalized spacial score (nSPS) is 18.6. The largest absolute Gasteiger partial charge is 0.377 e. The molecule has 0 bridgehead atoms. The first-order valence-electron chi connectivity index (χ1n) is 11.1. The van der Waals surface area contributed by atoms with E-state index in [1.54, 1.807) is 0 Å². The molecule has 0 spiro atoms. The predicted octanol–water partition coefficient (Wildman–Crippen LogP) is 4.71. The average molecular weight is 419 g/mol. The van der Waals surface area contributed by atoms with Gasteiger partial charge < -0.3 is 10.1 Å². The molecule has 1 aliphatic rings. The molecule has 31 heavy (non-hydrogen) atoms. The first kappa shape index (κ1) is 21.2. The molecule has 3 aromatic rings. The van der Waals surface area contributed by atoms with E-state index in [9.17, 15) is 4.79 Å². The van der Waals surface area contributed by atoms with Gasteiger partial charge in [-0.15, -0.1) is 0 Å². The molecular formula is C25H30N4O2. The highest BCUT2D eigenvalue weighted by Gasteiger charge is 2.26. The fourth-order valence-corrected chi connectivity index (χ4v) is 4.34. The van der Waals surface area contributed by atoms with Crippen molar-refractivity contribution in [3.05, 3.63) is 71.8 Å². The third-order valence-electron chi connectivity index (χ3n) is 6.16. The summed E-state index contributed by atoms with van der Waals surface area (Å²) < 4.78 is 5.41. The second kappa shape index (κ2) is 10.4. The van der Waals surface area contributed by atoms with Gasteiger partial charge in [0.25, 0.3) is 5.91 Å². The van der Waals surface area contributed by atoms with Crippen LogP contribution in [0.4, 0.5) is 0 Å². The topological polar surface area (TPSA) is 79.9 Å². The minimum atomic E-state index is -0.00127. The van der Waals surface area contributed by atoms with Crippen molar-refractivity contribution >= 4 is 5.91 Å². The zero-order valence-corrected chi connectivity index (χ0v) is 18.0. The number of pyridine rings is 1. The second-order valence-corrected chi connectivity index (χ2v) is 8.19. The van der Waals surface area contributed by atoms with E-state index in [0.717, 1.165) is 43.4 Å². The number of hydrogen-bond donors (Lipinski definition) is 2. The number of nitrogens with zero attached hydrogens (tertiary/aromatic N) is 2. The Morgan fingerprint density at radius 3 is 2.55 bits per heavy atom.